The van der Waals surface area contributed by atoms with Gasteiger partial charge in [0, 0.05) is 30.5 Å². The van der Waals surface area contributed by atoms with E-state index in [1.807, 2.05) is 29.2 Å². The number of ether oxygens (including phenoxy) is 1. The molecular weight excluding hydrogens is 348 g/mol. The van der Waals surface area contributed by atoms with E-state index in [1.165, 1.54) is 0 Å². The monoisotopic (exact) mass is 368 g/mol. The van der Waals surface area contributed by atoms with Gasteiger partial charge in [0.15, 0.2) is 6.10 Å². The molecule has 1 unspecified atom stereocenters. The Morgan fingerprint density at radius 3 is 2.77 bits per heavy atom. The van der Waals surface area contributed by atoms with Crippen molar-refractivity contribution in [2.75, 3.05) is 19.6 Å². The summed E-state index contributed by atoms with van der Waals surface area (Å²) in [5.41, 5.74) is 0. The van der Waals surface area contributed by atoms with Crippen LogP contribution in [0.2, 0.25) is 0 Å². The molecule has 120 valence electrons. The number of nitrogens with zero attached hydrogens (tertiary/aromatic N) is 1. The summed E-state index contributed by atoms with van der Waals surface area (Å²) in [5, 5.41) is 2.84. The molecule has 1 fully saturated rings. The average molecular weight is 369 g/mol. The van der Waals surface area contributed by atoms with Crippen molar-refractivity contribution in [3.8, 4) is 5.75 Å². The van der Waals surface area contributed by atoms with Gasteiger partial charge in [0.1, 0.15) is 5.75 Å². The molecule has 1 atom stereocenters. The summed E-state index contributed by atoms with van der Waals surface area (Å²) < 4.78 is 6.55. The number of nitrogens with one attached hydrogen (secondary N) is 1. The third kappa shape index (κ3) is 5.02. The average Bonchev–Trinajstić information content (AvgIpc) is 2.91. The van der Waals surface area contributed by atoms with Crippen LogP contribution in [-0.4, -0.2) is 42.5 Å². The van der Waals surface area contributed by atoms with Crippen LogP contribution in [0.4, 0.5) is 0 Å². The topological polar surface area (TPSA) is 58.6 Å². The van der Waals surface area contributed by atoms with Gasteiger partial charge in [-0.3, -0.25) is 9.59 Å². The van der Waals surface area contributed by atoms with E-state index in [4.69, 9.17) is 4.74 Å². The first kappa shape index (κ1) is 16.8. The summed E-state index contributed by atoms with van der Waals surface area (Å²) in [6.07, 6.45) is 1.82. The normalized spacial score (nSPS) is 15.7. The predicted molar refractivity (Wildman–Crippen MR) is 87.7 cm³/mol. The fourth-order valence-electron chi connectivity index (χ4n) is 2.34. The second-order valence-electron chi connectivity index (χ2n) is 5.34. The predicted octanol–water partition coefficient (Wildman–Crippen LogP) is 2.35. The maximum Gasteiger partial charge on any atom is 0.260 e. The Hall–Kier alpha value is -1.56. The molecule has 1 saturated heterocycles. The number of rotatable bonds is 7. The van der Waals surface area contributed by atoms with E-state index in [0.29, 0.717) is 25.3 Å². The molecule has 1 heterocycles. The zero-order chi connectivity index (χ0) is 15.9. The minimum Gasteiger partial charge on any atom is -0.481 e. The highest BCUT2D eigenvalue weighted by molar-refractivity contribution is 9.10. The minimum atomic E-state index is -0.547. The van der Waals surface area contributed by atoms with Crippen LogP contribution in [0.3, 0.4) is 0 Å². The Labute approximate surface area is 139 Å². The highest BCUT2D eigenvalue weighted by atomic mass is 79.9. The molecule has 0 bridgehead atoms. The highest BCUT2D eigenvalue weighted by Crippen LogP contribution is 2.17. The Morgan fingerprint density at radius 1 is 1.41 bits per heavy atom. The molecule has 6 heteroatoms. The smallest absolute Gasteiger partial charge is 0.260 e. The molecule has 5 nitrogen and oxygen atoms in total. The lowest BCUT2D eigenvalue weighted by Gasteiger charge is -2.17. The third-order valence-corrected chi connectivity index (χ3v) is 4.10. The van der Waals surface area contributed by atoms with E-state index in [-0.39, 0.29) is 11.8 Å². The second-order valence-corrected chi connectivity index (χ2v) is 6.26. The quantitative estimate of drug-likeness (QED) is 0.751. The van der Waals surface area contributed by atoms with Gasteiger partial charge in [-0.2, -0.15) is 0 Å². The maximum absolute atomic E-state index is 11.9. The van der Waals surface area contributed by atoms with Gasteiger partial charge in [0.25, 0.3) is 5.91 Å². The number of carbonyl (C=O) groups is 2. The molecule has 1 N–H and O–H groups in total. The van der Waals surface area contributed by atoms with Crippen molar-refractivity contribution in [2.45, 2.75) is 32.3 Å². The summed E-state index contributed by atoms with van der Waals surface area (Å²) in [4.78, 5) is 25.3. The number of benzene rings is 1. The van der Waals surface area contributed by atoms with Gasteiger partial charge in [0.2, 0.25) is 5.91 Å². The van der Waals surface area contributed by atoms with Gasteiger partial charge in [0.05, 0.1) is 0 Å². The first-order chi connectivity index (χ1) is 10.6. The van der Waals surface area contributed by atoms with Gasteiger partial charge < -0.3 is 15.0 Å². The lowest BCUT2D eigenvalue weighted by molar-refractivity contribution is -0.127. The van der Waals surface area contributed by atoms with Crippen LogP contribution in [0.15, 0.2) is 28.7 Å². The largest absolute Gasteiger partial charge is 0.481 e. The Kier molecular flexibility index (Phi) is 6.24. The Morgan fingerprint density at radius 2 is 2.14 bits per heavy atom. The van der Waals surface area contributed by atoms with Crippen LogP contribution in [0.1, 0.15) is 26.2 Å². The van der Waals surface area contributed by atoms with Crippen LogP contribution < -0.4 is 10.1 Å². The molecule has 1 aromatic carbocycles. The number of likely N-dealkylation sites (tertiary alicyclic amines) is 1. The zero-order valence-corrected chi connectivity index (χ0v) is 14.3. The summed E-state index contributed by atoms with van der Waals surface area (Å²) in [5.74, 6) is 0.738. The molecular formula is C16H21BrN2O3. The molecule has 1 aliphatic rings. The van der Waals surface area contributed by atoms with Crippen molar-refractivity contribution in [1.29, 1.82) is 0 Å². The number of amides is 2. The van der Waals surface area contributed by atoms with E-state index >= 15 is 0 Å². The number of hydrogen-bond acceptors (Lipinski definition) is 3. The summed E-state index contributed by atoms with van der Waals surface area (Å²) in [6, 6.07) is 7.36. The van der Waals surface area contributed by atoms with Crippen LogP contribution in [-0.2, 0) is 9.59 Å². The highest BCUT2D eigenvalue weighted by Gasteiger charge is 2.19. The molecule has 22 heavy (non-hydrogen) atoms. The fourth-order valence-corrected chi connectivity index (χ4v) is 2.60. The van der Waals surface area contributed by atoms with Gasteiger partial charge in [-0.1, -0.05) is 15.9 Å². The fraction of sp³-hybridized carbons (Fsp3) is 0.500. The van der Waals surface area contributed by atoms with Crippen molar-refractivity contribution in [3.63, 3.8) is 0 Å². The van der Waals surface area contributed by atoms with E-state index in [9.17, 15) is 9.59 Å². The van der Waals surface area contributed by atoms with Crippen molar-refractivity contribution in [1.82, 2.24) is 10.2 Å². The molecule has 1 aliphatic heterocycles. The van der Waals surface area contributed by atoms with Gasteiger partial charge in [-0.25, -0.2) is 0 Å². The molecule has 1 aromatic rings. The summed E-state index contributed by atoms with van der Waals surface area (Å²) >= 11 is 3.35. The maximum atomic E-state index is 11.9. The van der Waals surface area contributed by atoms with Crippen molar-refractivity contribution < 1.29 is 14.3 Å². The number of halogens is 1. The molecule has 0 aromatic heterocycles. The van der Waals surface area contributed by atoms with E-state index in [0.717, 1.165) is 23.9 Å². The van der Waals surface area contributed by atoms with Gasteiger partial charge >= 0.3 is 0 Å². The first-order valence-corrected chi connectivity index (χ1v) is 8.33. The van der Waals surface area contributed by atoms with Gasteiger partial charge in [-0.05, 0) is 44.0 Å². The van der Waals surface area contributed by atoms with Crippen molar-refractivity contribution >= 4 is 27.7 Å². The summed E-state index contributed by atoms with van der Waals surface area (Å²) in [6.45, 7) is 3.83. The molecule has 0 aliphatic carbocycles. The molecule has 0 spiro atoms. The zero-order valence-electron chi connectivity index (χ0n) is 12.7. The number of hydrogen-bond donors (Lipinski definition) is 1. The lowest BCUT2D eigenvalue weighted by atomic mass is 10.3. The van der Waals surface area contributed by atoms with Crippen molar-refractivity contribution in [3.05, 3.63) is 28.7 Å². The van der Waals surface area contributed by atoms with Crippen molar-refractivity contribution in [2.24, 2.45) is 0 Å². The molecule has 0 saturated carbocycles. The Balaban J connectivity index is 1.65. The first-order valence-electron chi connectivity index (χ1n) is 7.54. The minimum absolute atomic E-state index is 0.143. The van der Waals surface area contributed by atoms with Crippen LogP contribution in [0.5, 0.6) is 5.75 Å². The van der Waals surface area contributed by atoms with E-state index in [1.54, 1.807) is 6.92 Å². The molecule has 2 amide bonds. The van der Waals surface area contributed by atoms with E-state index < -0.39 is 6.10 Å². The van der Waals surface area contributed by atoms with Gasteiger partial charge in [-0.15, -0.1) is 0 Å². The van der Waals surface area contributed by atoms with E-state index in [2.05, 4.69) is 21.2 Å². The molecule has 2 rings (SSSR count). The number of carbonyl (C=O) groups excluding carboxylic acids is 2. The SMILES string of the molecule is CC(Oc1ccc(Br)cc1)C(=O)NCCCN1CCCC1=O. The van der Waals surface area contributed by atoms with Crippen LogP contribution in [0, 0.1) is 0 Å². The summed E-state index contributed by atoms with van der Waals surface area (Å²) in [7, 11) is 0. The molecule has 0 radical (unpaired) electrons. The lowest BCUT2D eigenvalue weighted by Crippen LogP contribution is -2.38. The third-order valence-electron chi connectivity index (χ3n) is 3.57. The van der Waals surface area contributed by atoms with Crippen LogP contribution in [0.25, 0.3) is 0 Å². The Bertz CT molecular complexity index is 519. The second kappa shape index (κ2) is 8.17. The van der Waals surface area contributed by atoms with Crippen LogP contribution >= 0.6 is 15.9 Å². The standard InChI is InChI=1S/C16H21BrN2O3/c1-12(22-14-7-5-13(17)6-8-14)16(21)18-9-3-11-19-10-2-4-15(19)20/h5-8,12H,2-4,9-11H2,1H3,(H,18,21).